The van der Waals surface area contributed by atoms with Crippen LogP contribution >= 0.6 is 0 Å². The molecule has 0 fully saturated rings. The molecular weight excluding hydrogens is 1250 g/mol. The van der Waals surface area contributed by atoms with Crippen LogP contribution in [0.5, 0.6) is 0 Å². The Morgan fingerprint density at radius 3 is 1.46 bits per heavy atom. The second-order valence-electron chi connectivity index (χ2n) is 24.0. The van der Waals surface area contributed by atoms with Crippen molar-refractivity contribution in [2.24, 2.45) is 0 Å². The second-order valence-corrected chi connectivity index (χ2v) is 24.0. The van der Waals surface area contributed by atoms with E-state index in [0.717, 1.165) is 72.2 Å². The van der Waals surface area contributed by atoms with Crippen molar-refractivity contribution in [3.05, 3.63) is 313 Å². The normalized spacial score (nSPS) is 10.5. The summed E-state index contributed by atoms with van der Waals surface area (Å²) in [5, 5.41) is 17.0. The first-order valence-corrected chi connectivity index (χ1v) is 33.0. The van der Waals surface area contributed by atoms with Crippen molar-refractivity contribution in [1.82, 2.24) is 94.9 Å². The number of hydrogen-bond donors (Lipinski definition) is 9. The van der Waals surface area contributed by atoms with Gasteiger partial charge in [0.1, 0.15) is 5.52 Å². The third-order valence-electron chi connectivity index (χ3n) is 16.9. The van der Waals surface area contributed by atoms with Crippen LogP contribution in [0.25, 0.3) is 109 Å². The summed E-state index contributed by atoms with van der Waals surface area (Å²) in [5.74, 6) is 0. The van der Waals surface area contributed by atoms with E-state index in [9.17, 15) is 0 Å². The molecule has 0 atom stereocenters. The number of nitrogens with zero attached hydrogens (tertiary/aromatic N) is 10. The van der Waals surface area contributed by atoms with Crippen molar-refractivity contribution in [1.29, 1.82) is 0 Å². The number of aryl methyl sites for hydroxylation is 10. The number of hydrogen-bond acceptors (Lipinski definition) is 10. The molecule has 0 spiro atoms. The number of fused-ring (bicyclic) bond motifs is 10. The fourth-order valence-corrected chi connectivity index (χ4v) is 11.2. The van der Waals surface area contributed by atoms with Gasteiger partial charge in [-0.2, -0.15) is 5.10 Å². The van der Waals surface area contributed by atoms with Crippen LogP contribution in [0.1, 0.15) is 55.9 Å². The zero-order valence-electron chi connectivity index (χ0n) is 58.2. The predicted molar refractivity (Wildman–Crippen MR) is 414 cm³/mol. The van der Waals surface area contributed by atoms with Gasteiger partial charge in [0.2, 0.25) is 0 Å². The zero-order valence-corrected chi connectivity index (χ0v) is 58.2. The highest BCUT2D eigenvalue weighted by Crippen LogP contribution is 2.21. The molecule has 0 saturated carbocycles. The standard InChI is InChI=1S/C9H8N2.2C9H9N.6C8H8N2.C7H7N3/c1-7-2-5-11-9-6-10-4-3-8(7)9;1-7-3-2-4-9-8(7)5-6-10-9;1-7-6-10-9-5-3-2-4-8(7)9;1-6-7-2-4-10-8(7)3-5-9-6;1-6-4-10-8-2-3-9-5-7(6)8;1-6-4-9-5-8-7(6)2-3-10-8;1-6-4-10-8-5-9-3-2-7(6)8;1-6-5-10-7-3-2-4-9-8(6)7;1-6-7-4-2-3-5-8(7)10-9-6;1-5-4-10-7-6(5)8-2-3-9-7/h2-6H,1H3;2*2-6,10H,1H3;5*2-5,10H,1H3;2-5H,1H3,(H,9,10);2-4H,1H3,(H,9,10). The average Bonchev–Trinajstić information content (AvgIpc) is 1.13. The smallest absolute Gasteiger partial charge is 0.156 e. The highest BCUT2D eigenvalue weighted by Gasteiger charge is 2.03. The van der Waals surface area contributed by atoms with Gasteiger partial charge in [0, 0.05) is 188 Å². The SMILES string of the molecule is Cc1[nH]nc2ccccc12.Cc1c[nH]c2ccccc12.Cc1c[nH]c2cccnc12.Cc1c[nH]c2ccncc12.Cc1c[nH]c2cnccc12.Cc1c[nH]c2nccnc12.Cc1cccc2[nH]ccc12.Cc1ccnc2cnccc12.Cc1cncc2[nH]ccc12.Cc1nccc2[nH]ccc12. The van der Waals surface area contributed by atoms with Crippen LogP contribution in [0.15, 0.2) is 258 Å². The van der Waals surface area contributed by atoms with Crippen LogP contribution in [0.2, 0.25) is 0 Å². The topological polar surface area (TPSA) is 271 Å². The number of H-pyrrole nitrogens is 9. The van der Waals surface area contributed by atoms with E-state index >= 15 is 0 Å². The summed E-state index contributed by atoms with van der Waals surface area (Å²) in [5.41, 5.74) is 25.2. The highest BCUT2D eigenvalue weighted by atomic mass is 15.1. The number of nitrogens with one attached hydrogen (secondary N) is 9. The van der Waals surface area contributed by atoms with E-state index in [1.54, 1.807) is 37.2 Å². The number of rotatable bonds is 0. The van der Waals surface area contributed by atoms with E-state index in [-0.39, 0.29) is 0 Å². The van der Waals surface area contributed by atoms with Gasteiger partial charge >= 0.3 is 0 Å². The third-order valence-corrected chi connectivity index (χ3v) is 16.9. The molecule has 17 heterocycles. The molecule has 0 bridgehead atoms. The molecule has 9 N–H and O–H groups in total. The van der Waals surface area contributed by atoms with E-state index in [4.69, 9.17) is 0 Å². The van der Waals surface area contributed by atoms with Crippen LogP contribution in [-0.4, -0.2) is 94.9 Å². The van der Waals surface area contributed by atoms with Gasteiger partial charge in [-0.05, 0) is 193 Å². The van der Waals surface area contributed by atoms with E-state index in [1.807, 2.05) is 193 Å². The Balaban J connectivity index is 0.000000113. The van der Waals surface area contributed by atoms with Gasteiger partial charge in [0.05, 0.1) is 51.7 Å². The van der Waals surface area contributed by atoms with Crippen LogP contribution in [0, 0.1) is 69.2 Å². The Bertz CT molecular complexity index is 5170. The monoisotopic (exact) mass is 1330 g/mol. The summed E-state index contributed by atoms with van der Waals surface area (Å²) in [6.07, 6.45) is 39.1. The summed E-state index contributed by atoms with van der Waals surface area (Å²) in [6, 6.07) is 42.8. The zero-order chi connectivity index (χ0) is 70.5. The fraction of sp³-hybridized carbons (Fsp3) is 0.122. The van der Waals surface area contributed by atoms with Crippen molar-refractivity contribution in [2.45, 2.75) is 69.2 Å². The van der Waals surface area contributed by atoms with Crippen LogP contribution < -0.4 is 0 Å². The first kappa shape index (κ1) is 69.2. The maximum Gasteiger partial charge on any atom is 0.156 e. The van der Waals surface area contributed by atoms with E-state index in [1.165, 1.54) is 93.1 Å². The predicted octanol–water partition coefficient (Wildman–Crippen LogP) is 19.4. The molecule has 504 valence electrons. The molecule has 101 heavy (non-hydrogen) atoms. The molecule has 19 nitrogen and oxygen atoms in total. The summed E-state index contributed by atoms with van der Waals surface area (Å²) in [4.78, 5) is 61.8. The second kappa shape index (κ2) is 33.7. The van der Waals surface area contributed by atoms with Gasteiger partial charge < -0.3 is 39.9 Å². The van der Waals surface area contributed by atoms with E-state index in [2.05, 4.69) is 191 Å². The summed E-state index contributed by atoms with van der Waals surface area (Å²) >= 11 is 0. The molecule has 0 saturated heterocycles. The number of para-hydroxylation sites is 2. The Labute approximate surface area is 584 Å². The molecule has 3 aromatic carbocycles. The molecule has 0 radical (unpaired) electrons. The maximum atomic E-state index is 4.21. The molecule has 20 aromatic rings. The lowest BCUT2D eigenvalue weighted by Gasteiger charge is -1.97. The van der Waals surface area contributed by atoms with Crippen molar-refractivity contribution in [3.63, 3.8) is 0 Å². The Kier molecular flexibility index (Phi) is 23.1. The molecule has 19 heteroatoms. The van der Waals surface area contributed by atoms with Crippen molar-refractivity contribution in [3.8, 4) is 0 Å². The van der Waals surface area contributed by atoms with E-state index < -0.39 is 0 Å². The Morgan fingerprint density at radius 2 is 0.752 bits per heavy atom. The quantitative estimate of drug-likeness (QED) is 0.0693. The van der Waals surface area contributed by atoms with Gasteiger partial charge in [-0.3, -0.25) is 45.0 Å². The molecule has 0 aliphatic heterocycles. The lowest BCUT2D eigenvalue weighted by Crippen LogP contribution is -1.82. The van der Waals surface area contributed by atoms with Crippen LogP contribution in [0.3, 0.4) is 0 Å². The average molecular weight is 1330 g/mol. The molecule has 20 rings (SSSR count). The first-order valence-electron chi connectivity index (χ1n) is 33.0. The molecule has 0 aliphatic rings. The molecular formula is C82H81N19. The summed E-state index contributed by atoms with van der Waals surface area (Å²) in [6.45, 7) is 20.6. The fourth-order valence-electron chi connectivity index (χ4n) is 11.2. The number of pyridine rings is 7. The van der Waals surface area contributed by atoms with Crippen molar-refractivity contribution >= 4 is 109 Å². The summed E-state index contributed by atoms with van der Waals surface area (Å²) < 4.78 is 0. The number of aromatic nitrogens is 19. The van der Waals surface area contributed by atoms with Crippen molar-refractivity contribution in [2.75, 3.05) is 0 Å². The number of benzene rings is 3. The molecule has 0 aliphatic carbocycles. The van der Waals surface area contributed by atoms with Gasteiger partial charge in [-0.15, -0.1) is 0 Å². The van der Waals surface area contributed by atoms with Gasteiger partial charge in [0.15, 0.2) is 5.65 Å². The highest BCUT2D eigenvalue weighted by molar-refractivity contribution is 5.87. The Morgan fingerprint density at radius 1 is 0.248 bits per heavy atom. The van der Waals surface area contributed by atoms with Gasteiger partial charge in [0.25, 0.3) is 0 Å². The molecule has 0 amide bonds. The minimum Gasteiger partial charge on any atom is -0.361 e. The lowest BCUT2D eigenvalue weighted by atomic mass is 10.1. The van der Waals surface area contributed by atoms with Crippen LogP contribution in [-0.2, 0) is 0 Å². The minimum atomic E-state index is 0.861. The maximum absolute atomic E-state index is 4.21. The van der Waals surface area contributed by atoms with Gasteiger partial charge in [-0.1, -0.05) is 48.5 Å². The summed E-state index contributed by atoms with van der Waals surface area (Å²) in [7, 11) is 0. The number of aromatic amines is 9. The molecule has 0 unspecified atom stereocenters. The third kappa shape index (κ3) is 17.7. The first-order chi connectivity index (χ1) is 49.3. The van der Waals surface area contributed by atoms with E-state index in [0.29, 0.717) is 0 Å². The largest absolute Gasteiger partial charge is 0.361 e. The van der Waals surface area contributed by atoms with Crippen LogP contribution in [0.4, 0.5) is 0 Å². The Hall–Kier alpha value is -13.2. The van der Waals surface area contributed by atoms with Gasteiger partial charge in [-0.25, -0.2) is 4.98 Å². The molecule has 17 aromatic heterocycles. The van der Waals surface area contributed by atoms with Crippen molar-refractivity contribution < 1.29 is 0 Å². The minimum absolute atomic E-state index is 0.861. The lowest BCUT2D eigenvalue weighted by molar-refractivity contribution is 1.07.